The number of ether oxygens (including phenoxy) is 1. The van der Waals surface area contributed by atoms with Crippen LogP contribution in [0.2, 0.25) is 0 Å². The normalized spacial score (nSPS) is 15.9. The minimum absolute atomic E-state index is 0.0614. The Balaban J connectivity index is 2.03. The lowest BCUT2D eigenvalue weighted by Crippen LogP contribution is -2.35. The molecule has 1 aromatic carbocycles. The summed E-state index contributed by atoms with van der Waals surface area (Å²) in [4.78, 5) is 17.4. The van der Waals surface area contributed by atoms with Gasteiger partial charge >= 0.3 is 0 Å². The lowest BCUT2D eigenvalue weighted by molar-refractivity contribution is -0.144. The number of hydrogen-bond donors (Lipinski definition) is 0. The maximum Gasteiger partial charge on any atom is 0.277 e. The van der Waals surface area contributed by atoms with Gasteiger partial charge in [0, 0.05) is 19.2 Å². The molecule has 0 atom stereocenters. The standard InChI is InChI=1S/C13H17NO3/c1-16-10-11-4-6-12(7-5-11)13(15)14-8-2-3-9-17-14/h4-7H,2-3,8-10H2,1H3. The zero-order valence-corrected chi connectivity index (χ0v) is 10.0. The first-order valence-corrected chi connectivity index (χ1v) is 5.84. The maximum absolute atomic E-state index is 12.0. The number of methoxy groups -OCH3 is 1. The van der Waals surface area contributed by atoms with Gasteiger partial charge in [-0.15, -0.1) is 0 Å². The Morgan fingerprint density at radius 3 is 2.71 bits per heavy atom. The van der Waals surface area contributed by atoms with Gasteiger partial charge < -0.3 is 4.74 Å². The van der Waals surface area contributed by atoms with Crippen molar-refractivity contribution >= 4 is 5.91 Å². The van der Waals surface area contributed by atoms with Gasteiger partial charge in [-0.2, -0.15) is 0 Å². The van der Waals surface area contributed by atoms with Crippen LogP contribution in [-0.2, 0) is 16.2 Å². The van der Waals surface area contributed by atoms with Crippen molar-refractivity contribution in [3.63, 3.8) is 0 Å². The molecule has 4 heteroatoms. The summed E-state index contributed by atoms with van der Waals surface area (Å²) in [6, 6.07) is 7.44. The van der Waals surface area contributed by atoms with Gasteiger partial charge in [0.2, 0.25) is 0 Å². The van der Waals surface area contributed by atoms with Gasteiger partial charge in [-0.3, -0.25) is 9.63 Å². The summed E-state index contributed by atoms with van der Waals surface area (Å²) in [5.74, 6) is -0.0614. The summed E-state index contributed by atoms with van der Waals surface area (Å²) in [7, 11) is 1.65. The summed E-state index contributed by atoms with van der Waals surface area (Å²) in [6.07, 6.45) is 2.03. The third-order valence-electron chi connectivity index (χ3n) is 2.74. The van der Waals surface area contributed by atoms with E-state index in [1.807, 2.05) is 24.3 Å². The van der Waals surface area contributed by atoms with E-state index in [9.17, 15) is 4.79 Å². The Morgan fingerprint density at radius 2 is 2.12 bits per heavy atom. The molecule has 0 bridgehead atoms. The fourth-order valence-electron chi connectivity index (χ4n) is 1.81. The number of nitrogens with zero attached hydrogens (tertiary/aromatic N) is 1. The van der Waals surface area contributed by atoms with Crippen molar-refractivity contribution < 1.29 is 14.4 Å². The highest BCUT2D eigenvalue weighted by atomic mass is 16.7. The summed E-state index contributed by atoms with van der Waals surface area (Å²) in [5.41, 5.74) is 1.72. The second-order valence-electron chi connectivity index (χ2n) is 4.08. The van der Waals surface area contributed by atoms with E-state index < -0.39 is 0 Å². The third-order valence-corrected chi connectivity index (χ3v) is 2.74. The van der Waals surface area contributed by atoms with Crippen LogP contribution in [0.1, 0.15) is 28.8 Å². The van der Waals surface area contributed by atoms with E-state index >= 15 is 0 Å². The molecule has 0 spiro atoms. The first-order chi connectivity index (χ1) is 8.31. The predicted octanol–water partition coefficient (Wildman–Crippen LogP) is 2.00. The molecule has 0 unspecified atom stereocenters. The van der Waals surface area contributed by atoms with Gasteiger partial charge in [-0.25, -0.2) is 5.06 Å². The van der Waals surface area contributed by atoms with Gasteiger partial charge in [-0.1, -0.05) is 12.1 Å². The second kappa shape index (κ2) is 5.80. The highest BCUT2D eigenvalue weighted by Gasteiger charge is 2.18. The molecule has 2 rings (SSSR count). The van der Waals surface area contributed by atoms with E-state index in [1.165, 1.54) is 5.06 Å². The molecule has 1 aromatic rings. The average molecular weight is 235 g/mol. The molecule has 1 aliphatic rings. The Hall–Kier alpha value is -1.39. The second-order valence-corrected chi connectivity index (χ2v) is 4.08. The van der Waals surface area contributed by atoms with Crippen LogP contribution >= 0.6 is 0 Å². The van der Waals surface area contributed by atoms with Gasteiger partial charge in [0.15, 0.2) is 0 Å². The quantitative estimate of drug-likeness (QED) is 0.804. The van der Waals surface area contributed by atoms with Crippen molar-refractivity contribution in [3.8, 4) is 0 Å². The number of amides is 1. The maximum atomic E-state index is 12.0. The van der Waals surface area contributed by atoms with Crippen LogP contribution < -0.4 is 0 Å². The smallest absolute Gasteiger partial charge is 0.277 e. The Kier molecular flexibility index (Phi) is 4.12. The number of carbonyl (C=O) groups excluding carboxylic acids is 1. The van der Waals surface area contributed by atoms with Crippen molar-refractivity contribution in [2.24, 2.45) is 0 Å². The molecule has 1 saturated heterocycles. The topological polar surface area (TPSA) is 38.8 Å². The lowest BCUT2D eigenvalue weighted by atomic mass is 10.1. The molecule has 1 fully saturated rings. The van der Waals surface area contributed by atoms with E-state index in [2.05, 4.69) is 0 Å². The molecular formula is C13H17NO3. The van der Waals surface area contributed by atoms with Gasteiger partial charge in [0.25, 0.3) is 5.91 Å². The summed E-state index contributed by atoms with van der Waals surface area (Å²) >= 11 is 0. The van der Waals surface area contributed by atoms with Crippen LogP contribution in [0.15, 0.2) is 24.3 Å². The molecule has 4 nitrogen and oxygen atoms in total. The fourth-order valence-corrected chi connectivity index (χ4v) is 1.81. The van der Waals surface area contributed by atoms with Gasteiger partial charge in [0.1, 0.15) is 0 Å². The lowest BCUT2D eigenvalue weighted by Gasteiger charge is -2.25. The van der Waals surface area contributed by atoms with E-state index in [1.54, 1.807) is 7.11 Å². The molecule has 92 valence electrons. The molecule has 0 aromatic heterocycles. The van der Waals surface area contributed by atoms with Gasteiger partial charge in [0.05, 0.1) is 13.2 Å². The first kappa shape index (κ1) is 12.1. The minimum Gasteiger partial charge on any atom is -0.380 e. The number of carbonyl (C=O) groups is 1. The highest BCUT2D eigenvalue weighted by Crippen LogP contribution is 2.12. The van der Waals surface area contributed by atoms with Crippen molar-refractivity contribution in [1.29, 1.82) is 0 Å². The van der Waals surface area contributed by atoms with E-state index in [0.717, 1.165) is 18.4 Å². The Labute approximate surface area is 101 Å². The van der Waals surface area contributed by atoms with Crippen molar-refractivity contribution in [1.82, 2.24) is 5.06 Å². The molecule has 1 aliphatic heterocycles. The average Bonchev–Trinajstić information content (AvgIpc) is 2.40. The Morgan fingerprint density at radius 1 is 1.35 bits per heavy atom. The van der Waals surface area contributed by atoms with E-state index in [0.29, 0.717) is 25.3 Å². The van der Waals surface area contributed by atoms with Gasteiger partial charge in [-0.05, 0) is 30.5 Å². The largest absolute Gasteiger partial charge is 0.380 e. The van der Waals surface area contributed by atoms with E-state index in [4.69, 9.17) is 9.57 Å². The molecule has 0 radical (unpaired) electrons. The zero-order chi connectivity index (χ0) is 12.1. The summed E-state index contributed by atoms with van der Waals surface area (Å²) in [5, 5.41) is 1.45. The minimum atomic E-state index is -0.0614. The van der Waals surface area contributed by atoms with E-state index in [-0.39, 0.29) is 5.91 Å². The SMILES string of the molecule is COCc1ccc(C(=O)N2CCCCO2)cc1. The van der Waals surface area contributed by atoms with Crippen LogP contribution in [0.3, 0.4) is 0 Å². The summed E-state index contributed by atoms with van der Waals surface area (Å²) in [6.45, 7) is 1.88. The molecular weight excluding hydrogens is 218 g/mol. The molecule has 0 aliphatic carbocycles. The van der Waals surface area contributed by atoms with Crippen LogP contribution in [-0.4, -0.2) is 31.2 Å². The van der Waals surface area contributed by atoms with Crippen LogP contribution in [0.25, 0.3) is 0 Å². The number of rotatable bonds is 3. The molecule has 1 amide bonds. The molecule has 17 heavy (non-hydrogen) atoms. The van der Waals surface area contributed by atoms with Crippen molar-refractivity contribution in [2.45, 2.75) is 19.4 Å². The van der Waals surface area contributed by atoms with Crippen LogP contribution in [0.4, 0.5) is 0 Å². The molecule has 1 heterocycles. The predicted molar refractivity (Wildman–Crippen MR) is 63.4 cm³/mol. The summed E-state index contributed by atoms with van der Waals surface area (Å²) < 4.78 is 5.02. The zero-order valence-electron chi connectivity index (χ0n) is 10.0. The number of benzene rings is 1. The number of hydroxylamine groups is 2. The fraction of sp³-hybridized carbons (Fsp3) is 0.462. The van der Waals surface area contributed by atoms with Crippen molar-refractivity contribution in [3.05, 3.63) is 35.4 Å². The van der Waals surface area contributed by atoms with Crippen LogP contribution in [0.5, 0.6) is 0 Å². The molecule has 0 saturated carbocycles. The Bertz CT molecular complexity index is 369. The first-order valence-electron chi connectivity index (χ1n) is 5.84. The monoisotopic (exact) mass is 235 g/mol. The number of hydrogen-bond acceptors (Lipinski definition) is 3. The third kappa shape index (κ3) is 3.05. The molecule has 0 N–H and O–H groups in total. The van der Waals surface area contributed by atoms with Crippen LogP contribution in [0, 0.1) is 0 Å². The highest BCUT2D eigenvalue weighted by molar-refractivity contribution is 5.93. The van der Waals surface area contributed by atoms with Crippen molar-refractivity contribution in [2.75, 3.05) is 20.3 Å².